The van der Waals surface area contributed by atoms with Gasteiger partial charge in [0.15, 0.2) is 11.5 Å². The number of nitrogens with zero attached hydrogens (tertiary/aromatic N) is 1. The van der Waals surface area contributed by atoms with Crippen LogP contribution in [0.15, 0.2) is 36.4 Å². The van der Waals surface area contributed by atoms with E-state index in [1.54, 1.807) is 39.5 Å². The lowest BCUT2D eigenvalue weighted by Gasteiger charge is -2.21. The third-order valence-electron chi connectivity index (χ3n) is 4.38. The quantitative estimate of drug-likeness (QED) is 0.620. The number of methoxy groups -OCH3 is 3. The summed E-state index contributed by atoms with van der Waals surface area (Å²) in [5.74, 6) is 2.53. The van der Waals surface area contributed by atoms with Crippen molar-refractivity contribution < 1.29 is 23.7 Å². The summed E-state index contributed by atoms with van der Waals surface area (Å²) in [6, 6.07) is 11.1. The van der Waals surface area contributed by atoms with Crippen LogP contribution < -0.4 is 24.3 Å². The number of likely N-dealkylation sites (N-methyl/N-ethyl adjacent to an activating group) is 1. The van der Waals surface area contributed by atoms with Gasteiger partial charge in [-0.25, -0.2) is 0 Å². The van der Waals surface area contributed by atoms with Crippen LogP contribution >= 0.6 is 0 Å². The van der Waals surface area contributed by atoms with Gasteiger partial charge in [0, 0.05) is 30.4 Å². The van der Waals surface area contributed by atoms with E-state index in [-0.39, 0.29) is 12.5 Å². The van der Waals surface area contributed by atoms with Crippen LogP contribution in [0, 0.1) is 0 Å². The van der Waals surface area contributed by atoms with E-state index in [4.69, 9.17) is 18.9 Å². The Kier molecular flexibility index (Phi) is 8.61. The summed E-state index contributed by atoms with van der Waals surface area (Å²) in [5.41, 5.74) is 1.67. The zero-order chi connectivity index (χ0) is 21.2. The van der Waals surface area contributed by atoms with Crippen LogP contribution in [-0.2, 0) is 11.3 Å². The smallest absolute Gasteiger partial charge is 0.238 e. The molecule has 0 atom stereocenters. The summed E-state index contributed by atoms with van der Waals surface area (Å²) in [4.78, 5) is 14.6. The van der Waals surface area contributed by atoms with Crippen molar-refractivity contribution in [3.05, 3.63) is 42.0 Å². The number of carbonyl (C=O) groups excluding carboxylic acids is 1. The monoisotopic (exact) mass is 402 g/mol. The molecule has 2 aromatic rings. The van der Waals surface area contributed by atoms with Crippen molar-refractivity contribution in [2.24, 2.45) is 0 Å². The lowest BCUT2D eigenvalue weighted by molar-refractivity contribution is -0.117. The minimum Gasteiger partial charge on any atom is -0.497 e. The highest BCUT2D eigenvalue weighted by Crippen LogP contribution is 2.29. The highest BCUT2D eigenvalue weighted by atomic mass is 16.5. The Bertz CT molecular complexity index is 788. The predicted octanol–water partition coefficient (Wildman–Crippen LogP) is 3.57. The maximum atomic E-state index is 12.6. The first-order valence-electron chi connectivity index (χ1n) is 9.57. The van der Waals surface area contributed by atoms with Crippen molar-refractivity contribution in [1.82, 2.24) is 4.90 Å². The number of rotatable bonds is 11. The molecule has 2 aromatic carbocycles. The Hall–Kier alpha value is -2.93. The van der Waals surface area contributed by atoms with Gasteiger partial charge in [0.25, 0.3) is 0 Å². The number of anilines is 1. The average Bonchev–Trinajstić information content (AvgIpc) is 2.73. The number of hydrogen-bond acceptors (Lipinski definition) is 6. The van der Waals surface area contributed by atoms with Crippen molar-refractivity contribution in [2.75, 3.05) is 46.3 Å². The minimum atomic E-state index is -0.111. The Morgan fingerprint density at radius 3 is 2.17 bits per heavy atom. The van der Waals surface area contributed by atoms with Gasteiger partial charge < -0.3 is 24.3 Å². The molecule has 0 aliphatic carbocycles. The summed E-state index contributed by atoms with van der Waals surface area (Å²) >= 11 is 0. The molecular weight excluding hydrogens is 372 g/mol. The molecule has 0 bridgehead atoms. The number of carbonyl (C=O) groups is 1. The van der Waals surface area contributed by atoms with Crippen molar-refractivity contribution in [2.45, 2.75) is 20.4 Å². The van der Waals surface area contributed by atoms with E-state index in [0.717, 1.165) is 12.1 Å². The van der Waals surface area contributed by atoms with Gasteiger partial charge in [-0.15, -0.1) is 0 Å². The molecule has 1 N–H and O–H groups in total. The molecule has 0 heterocycles. The molecule has 0 saturated heterocycles. The van der Waals surface area contributed by atoms with Gasteiger partial charge in [-0.2, -0.15) is 0 Å². The first-order valence-corrected chi connectivity index (χ1v) is 9.57. The molecule has 0 fully saturated rings. The molecule has 0 radical (unpaired) electrons. The van der Waals surface area contributed by atoms with Crippen molar-refractivity contribution in [3.63, 3.8) is 0 Å². The van der Waals surface area contributed by atoms with Gasteiger partial charge in [0.05, 0.1) is 34.5 Å². The molecule has 2 rings (SSSR count). The second kappa shape index (κ2) is 11.2. The molecule has 0 aliphatic rings. The fraction of sp³-hybridized carbons (Fsp3) is 0.409. The van der Waals surface area contributed by atoms with E-state index in [2.05, 4.69) is 5.32 Å². The van der Waals surface area contributed by atoms with Crippen molar-refractivity contribution in [3.8, 4) is 23.0 Å². The Morgan fingerprint density at radius 1 is 0.931 bits per heavy atom. The van der Waals surface area contributed by atoms with Crippen LogP contribution in [0.5, 0.6) is 23.0 Å². The SMILES string of the molecule is CCOc1ccc(CN(CC)CC(=O)Nc2cc(OC)cc(OC)c2)cc1OC. The zero-order valence-electron chi connectivity index (χ0n) is 17.8. The fourth-order valence-electron chi connectivity index (χ4n) is 2.91. The second-order valence-electron chi connectivity index (χ2n) is 6.37. The van der Waals surface area contributed by atoms with Crippen LogP contribution in [-0.4, -0.2) is 51.8 Å². The number of hydrogen-bond donors (Lipinski definition) is 1. The Labute approximate surface area is 172 Å². The number of nitrogens with one attached hydrogen (secondary N) is 1. The summed E-state index contributed by atoms with van der Waals surface area (Å²) in [6.07, 6.45) is 0. The molecule has 1 amide bonds. The average molecular weight is 402 g/mol. The first-order chi connectivity index (χ1) is 14.0. The third kappa shape index (κ3) is 6.57. The number of benzene rings is 2. The van der Waals surface area contributed by atoms with Crippen LogP contribution in [0.25, 0.3) is 0 Å². The number of ether oxygens (including phenoxy) is 4. The summed E-state index contributed by atoms with van der Waals surface area (Å²) in [6.45, 7) is 6.13. The van der Waals surface area contributed by atoms with E-state index in [9.17, 15) is 4.79 Å². The van der Waals surface area contributed by atoms with Gasteiger partial charge in [0.2, 0.25) is 5.91 Å². The summed E-state index contributed by atoms with van der Waals surface area (Å²) in [7, 11) is 4.77. The largest absolute Gasteiger partial charge is 0.497 e. The van der Waals surface area contributed by atoms with Crippen molar-refractivity contribution in [1.29, 1.82) is 0 Å². The zero-order valence-corrected chi connectivity index (χ0v) is 17.8. The van der Waals surface area contributed by atoms with Crippen LogP contribution in [0.1, 0.15) is 19.4 Å². The summed E-state index contributed by atoms with van der Waals surface area (Å²) < 4.78 is 21.5. The highest BCUT2D eigenvalue weighted by molar-refractivity contribution is 5.92. The third-order valence-corrected chi connectivity index (χ3v) is 4.38. The molecule has 0 aromatic heterocycles. The minimum absolute atomic E-state index is 0.111. The van der Waals surface area contributed by atoms with Gasteiger partial charge in [-0.05, 0) is 31.2 Å². The lowest BCUT2D eigenvalue weighted by atomic mass is 10.2. The van der Waals surface area contributed by atoms with Crippen LogP contribution in [0.3, 0.4) is 0 Å². The highest BCUT2D eigenvalue weighted by Gasteiger charge is 2.13. The molecule has 7 heteroatoms. The molecule has 158 valence electrons. The topological polar surface area (TPSA) is 69.3 Å². The van der Waals surface area contributed by atoms with Gasteiger partial charge >= 0.3 is 0 Å². The van der Waals surface area contributed by atoms with E-state index in [0.29, 0.717) is 41.8 Å². The standard InChI is InChI=1S/C22H30N2O5/c1-6-24(14-16-8-9-20(29-7-2)21(10-16)28-5)15-22(25)23-17-11-18(26-3)13-19(12-17)27-4/h8-13H,6-7,14-15H2,1-5H3,(H,23,25). The van der Waals surface area contributed by atoms with Crippen LogP contribution in [0.2, 0.25) is 0 Å². The maximum Gasteiger partial charge on any atom is 0.238 e. The molecule has 0 spiro atoms. The van der Waals surface area contributed by atoms with E-state index < -0.39 is 0 Å². The van der Waals surface area contributed by atoms with Crippen molar-refractivity contribution >= 4 is 11.6 Å². The molecule has 7 nitrogen and oxygen atoms in total. The molecule has 0 aliphatic heterocycles. The van der Waals surface area contributed by atoms with Gasteiger partial charge in [-0.1, -0.05) is 13.0 Å². The van der Waals surface area contributed by atoms with E-state index >= 15 is 0 Å². The van der Waals surface area contributed by atoms with E-state index in [1.165, 1.54) is 0 Å². The first kappa shape index (κ1) is 22.4. The second-order valence-corrected chi connectivity index (χ2v) is 6.37. The normalized spacial score (nSPS) is 10.6. The van der Waals surface area contributed by atoms with Crippen LogP contribution in [0.4, 0.5) is 5.69 Å². The molecular formula is C22H30N2O5. The fourth-order valence-corrected chi connectivity index (χ4v) is 2.91. The molecule has 0 saturated carbocycles. The van der Waals surface area contributed by atoms with E-state index in [1.807, 2.05) is 36.9 Å². The van der Waals surface area contributed by atoms with Gasteiger partial charge in [0.1, 0.15) is 11.5 Å². The maximum absolute atomic E-state index is 12.6. The lowest BCUT2D eigenvalue weighted by Crippen LogP contribution is -2.32. The molecule has 29 heavy (non-hydrogen) atoms. The number of amides is 1. The predicted molar refractivity (Wildman–Crippen MR) is 113 cm³/mol. The Morgan fingerprint density at radius 2 is 1.62 bits per heavy atom. The Balaban J connectivity index is 2.03. The van der Waals surface area contributed by atoms with Gasteiger partial charge in [-0.3, -0.25) is 9.69 Å². The molecule has 0 unspecified atom stereocenters. The summed E-state index contributed by atoms with van der Waals surface area (Å²) in [5, 5.41) is 2.91.